The summed E-state index contributed by atoms with van der Waals surface area (Å²) in [6.07, 6.45) is 1.80. The summed E-state index contributed by atoms with van der Waals surface area (Å²) in [5.41, 5.74) is 1.71. The fourth-order valence-electron chi connectivity index (χ4n) is 2.40. The molecule has 2 aromatic rings. The van der Waals surface area contributed by atoms with Crippen LogP contribution in [0.1, 0.15) is 23.7 Å². The van der Waals surface area contributed by atoms with Crippen molar-refractivity contribution >= 4 is 17.7 Å². The van der Waals surface area contributed by atoms with E-state index in [1.807, 2.05) is 30.3 Å². The number of hydrogen-bond donors (Lipinski definition) is 1. The highest BCUT2D eigenvalue weighted by atomic mass is 32.2. The average molecular weight is 310 g/mol. The number of hydrogen-bond acceptors (Lipinski definition) is 4. The number of furan rings is 1. The molecule has 1 aromatic carbocycles. The SMILES string of the molecule is N#CC1=C(SCc2ccccc2)NC(=O)C[C@@H]1c1ccco1. The van der Waals surface area contributed by atoms with Crippen LogP contribution in [0.2, 0.25) is 0 Å². The van der Waals surface area contributed by atoms with Crippen LogP contribution in [0.15, 0.2) is 63.7 Å². The molecule has 0 bridgehead atoms. The topological polar surface area (TPSA) is 66.0 Å². The summed E-state index contributed by atoms with van der Waals surface area (Å²) in [6.45, 7) is 0. The summed E-state index contributed by atoms with van der Waals surface area (Å²) >= 11 is 1.47. The number of nitrogens with one attached hydrogen (secondary N) is 1. The van der Waals surface area contributed by atoms with Gasteiger partial charge in [-0.05, 0) is 17.7 Å². The van der Waals surface area contributed by atoms with E-state index >= 15 is 0 Å². The lowest BCUT2D eigenvalue weighted by Gasteiger charge is -2.23. The smallest absolute Gasteiger partial charge is 0.225 e. The third-order valence-corrected chi connectivity index (χ3v) is 4.56. The van der Waals surface area contributed by atoms with E-state index < -0.39 is 0 Å². The minimum Gasteiger partial charge on any atom is -0.469 e. The van der Waals surface area contributed by atoms with Gasteiger partial charge < -0.3 is 9.73 Å². The molecule has 0 fully saturated rings. The molecule has 1 N–H and O–H groups in total. The van der Waals surface area contributed by atoms with Crippen molar-refractivity contribution in [3.63, 3.8) is 0 Å². The molecule has 2 heterocycles. The molecule has 0 saturated heterocycles. The van der Waals surface area contributed by atoms with Crippen molar-refractivity contribution in [2.75, 3.05) is 0 Å². The van der Waals surface area contributed by atoms with Gasteiger partial charge in [0, 0.05) is 12.2 Å². The molecule has 0 saturated carbocycles. The van der Waals surface area contributed by atoms with Crippen molar-refractivity contribution in [2.24, 2.45) is 0 Å². The van der Waals surface area contributed by atoms with Gasteiger partial charge in [-0.1, -0.05) is 30.3 Å². The Hall–Kier alpha value is -2.45. The third kappa shape index (κ3) is 3.07. The van der Waals surface area contributed by atoms with Gasteiger partial charge in [0.2, 0.25) is 5.91 Å². The first-order chi connectivity index (χ1) is 10.8. The Bertz CT molecular complexity index is 730. The van der Waals surface area contributed by atoms with Gasteiger partial charge in [0.05, 0.1) is 28.9 Å². The molecule has 0 aliphatic carbocycles. The van der Waals surface area contributed by atoms with Crippen LogP contribution in [0.3, 0.4) is 0 Å². The molecule has 3 rings (SSSR count). The minimum absolute atomic E-state index is 0.0871. The molecular weight excluding hydrogens is 296 g/mol. The molecule has 110 valence electrons. The zero-order valence-corrected chi connectivity index (χ0v) is 12.6. The quantitative estimate of drug-likeness (QED) is 0.938. The summed E-state index contributed by atoms with van der Waals surface area (Å²) in [5.74, 6) is 0.971. The van der Waals surface area contributed by atoms with E-state index in [-0.39, 0.29) is 18.2 Å². The highest BCUT2D eigenvalue weighted by Crippen LogP contribution is 2.36. The molecule has 1 aromatic heterocycles. The van der Waals surface area contributed by atoms with Crippen molar-refractivity contribution in [1.29, 1.82) is 5.26 Å². The summed E-state index contributed by atoms with van der Waals surface area (Å²) in [6, 6.07) is 15.8. The van der Waals surface area contributed by atoms with Gasteiger partial charge in [-0.25, -0.2) is 0 Å². The van der Waals surface area contributed by atoms with Crippen LogP contribution >= 0.6 is 11.8 Å². The number of rotatable bonds is 4. The molecule has 5 heteroatoms. The number of carbonyl (C=O) groups excluding carboxylic acids is 1. The first-order valence-electron chi connectivity index (χ1n) is 6.92. The minimum atomic E-state index is -0.299. The van der Waals surface area contributed by atoms with E-state index in [1.54, 1.807) is 18.4 Å². The Morgan fingerprint density at radius 1 is 1.27 bits per heavy atom. The first-order valence-corrected chi connectivity index (χ1v) is 7.90. The van der Waals surface area contributed by atoms with Crippen LogP contribution in [0.5, 0.6) is 0 Å². The molecule has 0 unspecified atom stereocenters. The molecule has 0 radical (unpaired) electrons. The fourth-order valence-corrected chi connectivity index (χ4v) is 3.43. The lowest BCUT2D eigenvalue weighted by Crippen LogP contribution is -2.30. The van der Waals surface area contributed by atoms with E-state index in [2.05, 4.69) is 11.4 Å². The second-order valence-corrected chi connectivity index (χ2v) is 5.93. The highest BCUT2D eigenvalue weighted by molar-refractivity contribution is 8.02. The van der Waals surface area contributed by atoms with Gasteiger partial charge in [0.25, 0.3) is 0 Å². The van der Waals surface area contributed by atoms with Gasteiger partial charge in [0.1, 0.15) is 5.76 Å². The van der Waals surface area contributed by atoms with Crippen LogP contribution in [-0.4, -0.2) is 5.91 Å². The Balaban J connectivity index is 1.85. The zero-order valence-electron chi connectivity index (χ0n) is 11.8. The Morgan fingerprint density at radius 3 is 2.77 bits per heavy atom. The van der Waals surface area contributed by atoms with E-state index in [4.69, 9.17) is 4.42 Å². The van der Waals surface area contributed by atoms with E-state index in [0.29, 0.717) is 22.1 Å². The van der Waals surface area contributed by atoms with Crippen LogP contribution in [-0.2, 0) is 10.5 Å². The number of nitriles is 1. The normalized spacial score (nSPS) is 18.0. The highest BCUT2D eigenvalue weighted by Gasteiger charge is 2.31. The molecule has 0 spiro atoms. The van der Waals surface area contributed by atoms with Gasteiger partial charge >= 0.3 is 0 Å². The molecule has 4 nitrogen and oxygen atoms in total. The third-order valence-electron chi connectivity index (χ3n) is 3.47. The molecule has 1 aliphatic rings. The molecule has 22 heavy (non-hydrogen) atoms. The Kier molecular flexibility index (Phi) is 4.31. The Morgan fingerprint density at radius 2 is 2.09 bits per heavy atom. The van der Waals surface area contributed by atoms with Gasteiger partial charge in [-0.3, -0.25) is 4.79 Å². The maximum absolute atomic E-state index is 11.9. The van der Waals surface area contributed by atoms with Crippen LogP contribution in [0.25, 0.3) is 0 Å². The average Bonchev–Trinajstić information content (AvgIpc) is 3.07. The molecule has 1 aliphatic heterocycles. The van der Waals surface area contributed by atoms with E-state index in [9.17, 15) is 10.1 Å². The summed E-state index contributed by atoms with van der Waals surface area (Å²) in [5, 5.41) is 12.9. The predicted octanol–water partition coefficient (Wildman–Crippen LogP) is 3.55. The maximum Gasteiger partial charge on any atom is 0.225 e. The lowest BCUT2D eigenvalue weighted by atomic mass is 9.92. The monoisotopic (exact) mass is 310 g/mol. The first kappa shape index (κ1) is 14.5. The Labute approximate surface area is 132 Å². The van der Waals surface area contributed by atoms with Crippen LogP contribution in [0, 0.1) is 11.3 Å². The summed E-state index contributed by atoms with van der Waals surface area (Å²) in [4.78, 5) is 11.9. The second-order valence-electron chi connectivity index (χ2n) is 4.95. The number of nitrogens with zero attached hydrogens (tertiary/aromatic N) is 1. The maximum atomic E-state index is 11.9. The van der Waals surface area contributed by atoms with Gasteiger partial charge in [-0.2, -0.15) is 5.26 Å². The number of allylic oxidation sites excluding steroid dienone is 1. The molecular formula is C17H14N2O2S. The van der Waals surface area contributed by atoms with Crippen molar-refractivity contribution in [2.45, 2.75) is 18.1 Å². The summed E-state index contributed by atoms with van der Waals surface area (Å²) < 4.78 is 5.39. The van der Waals surface area contributed by atoms with E-state index in [0.717, 1.165) is 5.56 Å². The van der Waals surface area contributed by atoms with Crippen molar-refractivity contribution in [3.8, 4) is 6.07 Å². The van der Waals surface area contributed by atoms with Crippen LogP contribution in [0.4, 0.5) is 0 Å². The largest absolute Gasteiger partial charge is 0.469 e. The summed E-state index contributed by atoms with van der Waals surface area (Å²) in [7, 11) is 0. The van der Waals surface area contributed by atoms with Crippen molar-refractivity contribution < 1.29 is 9.21 Å². The molecule has 1 amide bonds. The van der Waals surface area contributed by atoms with Gasteiger partial charge in [0.15, 0.2) is 0 Å². The van der Waals surface area contributed by atoms with Crippen molar-refractivity contribution in [1.82, 2.24) is 5.32 Å². The second kappa shape index (κ2) is 6.54. The van der Waals surface area contributed by atoms with E-state index in [1.165, 1.54) is 11.8 Å². The standard InChI is InChI=1S/C17H14N2O2S/c18-10-14-13(15-7-4-8-21-15)9-16(20)19-17(14)22-11-12-5-2-1-3-6-12/h1-8,13H,9,11H2,(H,19,20)/t13-/m0/s1. The number of thioether (sulfide) groups is 1. The number of benzene rings is 1. The zero-order chi connectivity index (χ0) is 15.4. The fraction of sp³-hybridized carbons (Fsp3) is 0.176. The lowest BCUT2D eigenvalue weighted by molar-refractivity contribution is -0.120. The molecule has 1 atom stereocenters. The van der Waals surface area contributed by atoms with Crippen LogP contribution < -0.4 is 5.32 Å². The number of carbonyl (C=O) groups is 1. The number of amides is 1. The van der Waals surface area contributed by atoms with Gasteiger partial charge in [-0.15, -0.1) is 11.8 Å². The predicted molar refractivity (Wildman–Crippen MR) is 84.6 cm³/mol. The van der Waals surface area contributed by atoms with Crippen molar-refractivity contribution in [3.05, 3.63) is 70.7 Å².